The molecule has 6 heteroatoms. The Hall–Kier alpha value is -1.14. The molecule has 0 amide bonds. The first-order chi connectivity index (χ1) is 5.08. The zero-order valence-electron chi connectivity index (χ0n) is 5.43. The van der Waals surface area contributed by atoms with Gasteiger partial charge in [0.05, 0.1) is 5.41 Å². The topological polar surface area (TPSA) is 83.1 Å². The Bertz CT molecular complexity index is 338. The summed E-state index contributed by atoms with van der Waals surface area (Å²) in [5.74, 6) is 0.377. The van der Waals surface area contributed by atoms with Crippen LogP contribution in [0.3, 0.4) is 0 Å². The molecule has 1 rings (SSSR count). The normalized spacial score (nSPS) is 12.5. The minimum absolute atomic E-state index is 0.377. The first-order valence-corrected chi connectivity index (χ1v) is 4.23. The third-order valence-corrected chi connectivity index (χ3v) is 1.40. The fraction of sp³-hybridized carbons (Fsp3) is 0. The number of H-pyrrole nitrogens is 1. The molecule has 2 N–H and O–H groups in total. The summed E-state index contributed by atoms with van der Waals surface area (Å²) in [5.41, 5.74) is 0. The standard InChI is InChI=1S/C5H6N2O3S/c8-11(9,10)4-1-5-6-2-3-7-5/h1-4H,(H,6,7)(H,8,9,10). The predicted octanol–water partition coefficient (Wildman–Crippen LogP) is 0.268. The van der Waals surface area contributed by atoms with E-state index in [0.717, 1.165) is 6.08 Å². The molecule has 0 aromatic carbocycles. The Morgan fingerprint density at radius 2 is 2.36 bits per heavy atom. The summed E-state index contributed by atoms with van der Waals surface area (Å²) in [6.07, 6.45) is 4.18. The molecule has 1 aromatic heterocycles. The summed E-state index contributed by atoms with van der Waals surface area (Å²) in [7, 11) is -4.04. The molecule has 0 spiro atoms. The molecule has 0 aliphatic rings. The third kappa shape index (κ3) is 2.96. The maximum atomic E-state index is 10.2. The average molecular weight is 174 g/mol. The van der Waals surface area contributed by atoms with Crippen LogP contribution in [0.5, 0.6) is 0 Å². The Balaban J connectivity index is 2.79. The summed E-state index contributed by atoms with van der Waals surface area (Å²) < 4.78 is 28.6. The molecule has 5 nitrogen and oxygen atoms in total. The summed E-state index contributed by atoms with van der Waals surface area (Å²) in [4.78, 5) is 6.34. The van der Waals surface area contributed by atoms with Crippen LogP contribution in [-0.2, 0) is 10.1 Å². The molecule has 1 heterocycles. The van der Waals surface area contributed by atoms with Crippen LogP contribution >= 0.6 is 0 Å². The number of hydrogen-bond donors (Lipinski definition) is 2. The van der Waals surface area contributed by atoms with Crippen molar-refractivity contribution < 1.29 is 13.0 Å². The van der Waals surface area contributed by atoms with E-state index in [9.17, 15) is 8.42 Å². The molecule has 0 aliphatic heterocycles. The minimum atomic E-state index is -4.04. The fourth-order valence-corrected chi connectivity index (χ4v) is 0.820. The Morgan fingerprint density at radius 3 is 2.82 bits per heavy atom. The second-order valence-corrected chi connectivity index (χ2v) is 3.09. The van der Waals surface area contributed by atoms with Crippen LogP contribution in [0.25, 0.3) is 6.08 Å². The molecule has 0 radical (unpaired) electrons. The Kier molecular flexibility index (Phi) is 2.06. The lowest BCUT2D eigenvalue weighted by Crippen LogP contribution is -1.89. The van der Waals surface area contributed by atoms with E-state index < -0.39 is 10.1 Å². The van der Waals surface area contributed by atoms with Gasteiger partial charge in [0.2, 0.25) is 0 Å². The van der Waals surface area contributed by atoms with Crippen molar-refractivity contribution in [2.75, 3.05) is 0 Å². The van der Waals surface area contributed by atoms with Crippen molar-refractivity contribution in [3.05, 3.63) is 23.6 Å². The molecule has 0 atom stereocenters. The van der Waals surface area contributed by atoms with Gasteiger partial charge in [0.1, 0.15) is 5.82 Å². The van der Waals surface area contributed by atoms with E-state index in [2.05, 4.69) is 9.97 Å². The summed E-state index contributed by atoms with van der Waals surface area (Å²) in [6.45, 7) is 0. The van der Waals surface area contributed by atoms with E-state index in [1.807, 2.05) is 0 Å². The van der Waals surface area contributed by atoms with Crippen molar-refractivity contribution >= 4 is 16.2 Å². The van der Waals surface area contributed by atoms with Crippen molar-refractivity contribution in [2.24, 2.45) is 0 Å². The van der Waals surface area contributed by atoms with Crippen LogP contribution in [0.4, 0.5) is 0 Å². The molecular formula is C5H6N2O3S. The van der Waals surface area contributed by atoms with Crippen molar-refractivity contribution in [1.29, 1.82) is 0 Å². The zero-order chi connectivity index (χ0) is 8.32. The molecule has 1 aromatic rings. The highest BCUT2D eigenvalue weighted by molar-refractivity contribution is 7.88. The number of aromatic amines is 1. The first kappa shape index (κ1) is 7.96. The SMILES string of the molecule is O=S(=O)(O)C=Cc1ncc[nH]1. The maximum absolute atomic E-state index is 10.2. The maximum Gasteiger partial charge on any atom is 0.287 e. The molecule has 0 aliphatic carbocycles. The highest BCUT2D eigenvalue weighted by atomic mass is 32.2. The molecule has 0 bridgehead atoms. The predicted molar refractivity (Wildman–Crippen MR) is 39.2 cm³/mol. The minimum Gasteiger partial charge on any atom is -0.345 e. The second-order valence-electron chi connectivity index (χ2n) is 1.79. The van der Waals surface area contributed by atoms with E-state index in [4.69, 9.17) is 4.55 Å². The van der Waals surface area contributed by atoms with Gasteiger partial charge in [0.15, 0.2) is 0 Å². The van der Waals surface area contributed by atoms with E-state index in [1.54, 1.807) is 6.20 Å². The van der Waals surface area contributed by atoms with Gasteiger partial charge < -0.3 is 4.98 Å². The van der Waals surface area contributed by atoms with Gasteiger partial charge in [-0.25, -0.2) is 4.98 Å². The van der Waals surface area contributed by atoms with E-state index in [1.165, 1.54) is 6.20 Å². The van der Waals surface area contributed by atoms with Gasteiger partial charge in [-0.1, -0.05) is 0 Å². The number of nitrogens with zero attached hydrogens (tertiary/aromatic N) is 1. The number of hydrogen-bond acceptors (Lipinski definition) is 3. The van der Waals surface area contributed by atoms with E-state index >= 15 is 0 Å². The van der Waals surface area contributed by atoms with Gasteiger partial charge in [-0.15, -0.1) is 0 Å². The Morgan fingerprint density at radius 1 is 1.64 bits per heavy atom. The van der Waals surface area contributed by atoms with Crippen molar-refractivity contribution in [2.45, 2.75) is 0 Å². The number of imidazole rings is 1. The lowest BCUT2D eigenvalue weighted by molar-refractivity contribution is 0.494. The lowest BCUT2D eigenvalue weighted by atomic mass is 10.6. The lowest BCUT2D eigenvalue weighted by Gasteiger charge is -1.82. The highest BCUT2D eigenvalue weighted by Gasteiger charge is 1.95. The number of rotatable bonds is 2. The van der Waals surface area contributed by atoms with Gasteiger partial charge in [-0.05, 0) is 6.08 Å². The molecule has 0 saturated carbocycles. The molecule has 0 unspecified atom stereocenters. The molecule has 0 saturated heterocycles. The Labute approximate surface area is 63.5 Å². The zero-order valence-corrected chi connectivity index (χ0v) is 6.25. The van der Waals surface area contributed by atoms with Crippen molar-refractivity contribution in [1.82, 2.24) is 9.97 Å². The average Bonchev–Trinajstić information content (AvgIpc) is 2.32. The highest BCUT2D eigenvalue weighted by Crippen LogP contribution is 1.94. The summed E-state index contributed by atoms with van der Waals surface area (Å²) in [6, 6.07) is 0. The smallest absolute Gasteiger partial charge is 0.287 e. The molecule has 0 fully saturated rings. The van der Waals surface area contributed by atoms with Gasteiger partial charge in [0, 0.05) is 12.4 Å². The number of aromatic nitrogens is 2. The third-order valence-electron chi connectivity index (χ3n) is 0.917. The van der Waals surface area contributed by atoms with Crippen LogP contribution in [0.1, 0.15) is 5.82 Å². The van der Waals surface area contributed by atoms with Crippen molar-refractivity contribution in [3.8, 4) is 0 Å². The van der Waals surface area contributed by atoms with E-state index in [0.29, 0.717) is 11.2 Å². The molecular weight excluding hydrogens is 168 g/mol. The first-order valence-electron chi connectivity index (χ1n) is 2.73. The van der Waals surface area contributed by atoms with Crippen LogP contribution in [0.15, 0.2) is 17.8 Å². The van der Waals surface area contributed by atoms with Gasteiger partial charge in [0.25, 0.3) is 10.1 Å². The molecule has 60 valence electrons. The second kappa shape index (κ2) is 2.85. The largest absolute Gasteiger partial charge is 0.345 e. The van der Waals surface area contributed by atoms with Crippen LogP contribution < -0.4 is 0 Å². The van der Waals surface area contributed by atoms with Crippen LogP contribution in [-0.4, -0.2) is 22.9 Å². The van der Waals surface area contributed by atoms with Crippen LogP contribution in [0.2, 0.25) is 0 Å². The van der Waals surface area contributed by atoms with Gasteiger partial charge in [-0.2, -0.15) is 8.42 Å². The fourth-order valence-electron chi connectivity index (χ4n) is 0.519. The summed E-state index contributed by atoms with van der Waals surface area (Å²) in [5, 5.41) is 0.659. The van der Waals surface area contributed by atoms with E-state index in [-0.39, 0.29) is 0 Å². The monoisotopic (exact) mass is 174 g/mol. The van der Waals surface area contributed by atoms with Crippen molar-refractivity contribution in [3.63, 3.8) is 0 Å². The molecule has 11 heavy (non-hydrogen) atoms. The summed E-state index contributed by atoms with van der Waals surface area (Å²) >= 11 is 0. The van der Waals surface area contributed by atoms with Gasteiger partial charge in [-0.3, -0.25) is 4.55 Å². The quantitative estimate of drug-likeness (QED) is 0.630. The number of nitrogens with one attached hydrogen (secondary N) is 1. The van der Waals surface area contributed by atoms with Crippen LogP contribution in [0, 0.1) is 0 Å². The van der Waals surface area contributed by atoms with Gasteiger partial charge >= 0.3 is 0 Å².